The number of carbonyl (C=O) groups is 1. The first-order valence-corrected chi connectivity index (χ1v) is 8.32. The van der Waals surface area contributed by atoms with Crippen molar-refractivity contribution in [3.63, 3.8) is 0 Å². The second-order valence-electron chi connectivity index (χ2n) is 7.15. The highest BCUT2D eigenvalue weighted by molar-refractivity contribution is 5.97. The maximum Gasteiger partial charge on any atom is 0.160 e. The number of hydrogen-bond acceptors (Lipinski definition) is 2. The van der Waals surface area contributed by atoms with E-state index in [9.17, 15) is 4.79 Å². The van der Waals surface area contributed by atoms with Gasteiger partial charge in [-0.25, -0.2) is 0 Å². The number of rotatable bonds is 6. The van der Waals surface area contributed by atoms with E-state index in [1.807, 2.05) is 0 Å². The molecule has 1 aromatic carbocycles. The summed E-state index contributed by atoms with van der Waals surface area (Å²) in [4.78, 5) is 14.6. The Morgan fingerprint density at radius 1 is 1.14 bits per heavy atom. The van der Waals surface area contributed by atoms with Gasteiger partial charge in [0.05, 0.1) is 0 Å². The average Bonchev–Trinajstić information content (AvgIpc) is 3.24. The monoisotopic (exact) mass is 285 g/mol. The third-order valence-electron chi connectivity index (χ3n) is 5.10. The van der Waals surface area contributed by atoms with Crippen molar-refractivity contribution in [2.24, 2.45) is 5.92 Å². The van der Waals surface area contributed by atoms with Gasteiger partial charge in [-0.3, -0.25) is 9.69 Å². The van der Waals surface area contributed by atoms with Crippen molar-refractivity contribution >= 4 is 5.78 Å². The molecule has 2 fully saturated rings. The van der Waals surface area contributed by atoms with Crippen molar-refractivity contribution in [2.45, 2.75) is 66.0 Å². The van der Waals surface area contributed by atoms with Crippen LogP contribution in [0.25, 0.3) is 0 Å². The van der Waals surface area contributed by atoms with E-state index in [1.54, 1.807) is 6.92 Å². The third kappa shape index (κ3) is 3.21. The zero-order chi connectivity index (χ0) is 15.1. The zero-order valence-electron chi connectivity index (χ0n) is 13.8. The molecule has 0 heterocycles. The van der Waals surface area contributed by atoms with Crippen LogP contribution >= 0.6 is 0 Å². The van der Waals surface area contributed by atoms with E-state index in [1.165, 1.54) is 48.9 Å². The Balaban J connectivity index is 1.89. The van der Waals surface area contributed by atoms with Crippen LogP contribution in [0.1, 0.15) is 65.2 Å². The molecule has 114 valence electrons. The summed E-state index contributed by atoms with van der Waals surface area (Å²) in [5.41, 5.74) is 6.01. The van der Waals surface area contributed by atoms with Crippen molar-refractivity contribution in [1.29, 1.82) is 0 Å². The van der Waals surface area contributed by atoms with Gasteiger partial charge in [0.1, 0.15) is 0 Å². The molecule has 0 unspecified atom stereocenters. The Bertz CT molecular complexity index is 567. The maximum absolute atomic E-state index is 12.0. The van der Waals surface area contributed by atoms with Gasteiger partial charge >= 0.3 is 0 Å². The molecular formula is C19H27NO. The molecule has 2 heteroatoms. The number of hydrogen-bond donors (Lipinski definition) is 0. The molecule has 3 rings (SSSR count). The molecule has 2 nitrogen and oxygen atoms in total. The van der Waals surface area contributed by atoms with Gasteiger partial charge in [0.15, 0.2) is 5.78 Å². The van der Waals surface area contributed by atoms with Crippen molar-refractivity contribution in [3.8, 4) is 0 Å². The van der Waals surface area contributed by atoms with Gasteiger partial charge in [-0.2, -0.15) is 0 Å². The van der Waals surface area contributed by atoms with E-state index >= 15 is 0 Å². The van der Waals surface area contributed by atoms with Crippen molar-refractivity contribution in [3.05, 3.63) is 33.9 Å². The van der Waals surface area contributed by atoms with Crippen LogP contribution in [0.2, 0.25) is 0 Å². The lowest BCUT2D eigenvalue weighted by Gasteiger charge is -2.25. The van der Waals surface area contributed by atoms with Crippen LogP contribution in [-0.2, 0) is 6.54 Å². The molecule has 0 aliphatic heterocycles. The minimum atomic E-state index is 0.200. The van der Waals surface area contributed by atoms with E-state index in [4.69, 9.17) is 0 Å². The first kappa shape index (κ1) is 14.8. The quantitative estimate of drug-likeness (QED) is 0.730. The second kappa shape index (κ2) is 5.57. The molecule has 0 atom stereocenters. The van der Waals surface area contributed by atoms with Gasteiger partial charge in [-0.05, 0) is 81.5 Å². The number of benzene rings is 1. The predicted octanol–water partition coefficient (Wildman–Crippen LogP) is 4.19. The lowest BCUT2D eigenvalue weighted by atomic mass is 9.91. The summed E-state index contributed by atoms with van der Waals surface area (Å²) in [6.45, 7) is 10.4. The molecule has 0 radical (unpaired) electrons. The standard InChI is InChI=1S/C19H27NO/c1-12-9-13(2)19(15(4)21)14(3)18(12)11-20(17-7-8-17)10-16-5-6-16/h9,16-17H,5-8,10-11H2,1-4H3. The SMILES string of the molecule is CC(=O)c1c(C)cc(C)c(CN(CC2CC2)C2CC2)c1C. The number of aryl methyl sites for hydroxylation is 2. The number of nitrogens with zero attached hydrogens (tertiary/aromatic N) is 1. The number of Topliss-reactive ketones (excluding diaryl/α,β-unsaturated/α-hetero) is 1. The normalized spacial score (nSPS) is 18.3. The molecule has 0 spiro atoms. The van der Waals surface area contributed by atoms with Gasteiger partial charge in [-0.1, -0.05) is 6.07 Å². The highest BCUT2D eigenvalue weighted by Crippen LogP contribution is 2.36. The smallest absolute Gasteiger partial charge is 0.160 e. The average molecular weight is 285 g/mol. The highest BCUT2D eigenvalue weighted by atomic mass is 16.1. The Kier molecular flexibility index (Phi) is 3.92. The minimum Gasteiger partial charge on any atom is -0.296 e. The van der Waals surface area contributed by atoms with Crippen LogP contribution in [0.15, 0.2) is 6.07 Å². The molecule has 2 aliphatic rings. The van der Waals surface area contributed by atoms with Gasteiger partial charge in [0, 0.05) is 24.7 Å². The summed E-state index contributed by atoms with van der Waals surface area (Å²) in [5, 5.41) is 0. The molecular weight excluding hydrogens is 258 g/mol. The van der Waals surface area contributed by atoms with Crippen molar-refractivity contribution in [2.75, 3.05) is 6.54 Å². The summed E-state index contributed by atoms with van der Waals surface area (Å²) in [6, 6.07) is 2.99. The molecule has 2 saturated carbocycles. The molecule has 0 bridgehead atoms. The summed E-state index contributed by atoms with van der Waals surface area (Å²) in [6.07, 6.45) is 5.54. The lowest BCUT2D eigenvalue weighted by Crippen LogP contribution is -2.29. The van der Waals surface area contributed by atoms with Crippen molar-refractivity contribution < 1.29 is 4.79 Å². The summed E-state index contributed by atoms with van der Waals surface area (Å²) in [7, 11) is 0. The molecule has 0 aromatic heterocycles. The third-order valence-corrected chi connectivity index (χ3v) is 5.10. The van der Waals surface area contributed by atoms with Crippen LogP contribution in [-0.4, -0.2) is 23.3 Å². The number of ketones is 1. The molecule has 2 aliphatic carbocycles. The van der Waals surface area contributed by atoms with E-state index in [-0.39, 0.29) is 5.78 Å². The zero-order valence-corrected chi connectivity index (χ0v) is 13.8. The fourth-order valence-corrected chi connectivity index (χ4v) is 3.63. The maximum atomic E-state index is 12.0. The van der Waals surface area contributed by atoms with Crippen LogP contribution in [0.4, 0.5) is 0 Å². The Hall–Kier alpha value is -1.15. The van der Waals surface area contributed by atoms with E-state index < -0.39 is 0 Å². The van der Waals surface area contributed by atoms with Crippen LogP contribution in [0, 0.1) is 26.7 Å². The topological polar surface area (TPSA) is 20.3 Å². The fraction of sp³-hybridized carbons (Fsp3) is 0.632. The van der Waals surface area contributed by atoms with E-state index in [2.05, 4.69) is 31.7 Å². The Morgan fingerprint density at radius 2 is 1.81 bits per heavy atom. The minimum absolute atomic E-state index is 0.200. The van der Waals surface area contributed by atoms with Crippen LogP contribution in [0.3, 0.4) is 0 Å². The van der Waals surface area contributed by atoms with Crippen molar-refractivity contribution in [1.82, 2.24) is 4.90 Å². The van der Waals surface area contributed by atoms with Gasteiger partial charge in [0.2, 0.25) is 0 Å². The largest absolute Gasteiger partial charge is 0.296 e. The summed E-state index contributed by atoms with van der Waals surface area (Å²) >= 11 is 0. The fourth-order valence-electron chi connectivity index (χ4n) is 3.63. The molecule has 1 aromatic rings. The summed E-state index contributed by atoms with van der Waals surface area (Å²) < 4.78 is 0. The van der Waals surface area contributed by atoms with Crippen LogP contribution in [0.5, 0.6) is 0 Å². The van der Waals surface area contributed by atoms with Crippen LogP contribution < -0.4 is 0 Å². The van der Waals surface area contributed by atoms with Gasteiger partial charge in [0.25, 0.3) is 0 Å². The first-order chi connectivity index (χ1) is 9.97. The summed E-state index contributed by atoms with van der Waals surface area (Å²) in [5.74, 6) is 1.13. The lowest BCUT2D eigenvalue weighted by molar-refractivity contribution is 0.101. The predicted molar refractivity (Wildman–Crippen MR) is 86.8 cm³/mol. The Morgan fingerprint density at radius 3 is 2.33 bits per heavy atom. The molecule has 0 N–H and O–H groups in total. The molecule has 21 heavy (non-hydrogen) atoms. The Labute approximate surface area is 128 Å². The first-order valence-electron chi connectivity index (χ1n) is 8.32. The number of carbonyl (C=O) groups excluding carboxylic acids is 1. The molecule has 0 saturated heterocycles. The molecule has 0 amide bonds. The second-order valence-corrected chi connectivity index (χ2v) is 7.15. The van der Waals surface area contributed by atoms with Gasteiger partial charge in [-0.15, -0.1) is 0 Å². The van der Waals surface area contributed by atoms with E-state index in [0.29, 0.717) is 0 Å². The van der Waals surface area contributed by atoms with Gasteiger partial charge < -0.3 is 0 Å². The highest BCUT2D eigenvalue weighted by Gasteiger charge is 2.34. The van der Waals surface area contributed by atoms with E-state index in [0.717, 1.165) is 29.6 Å².